The highest BCUT2D eigenvalue weighted by Gasteiger charge is 2.12. The molecule has 0 aliphatic rings. The molecular weight excluding hydrogens is 390 g/mol. The summed E-state index contributed by atoms with van der Waals surface area (Å²) >= 11 is 0. The monoisotopic (exact) mass is 411 g/mol. The molecule has 0 spiro atoms. The minimum Gasteiger partial charge on any atom is -0.436 e. The third-order valence-corrected chi connectivity index (χ3v) is 4.99. The number of allylic oxidation sites excluding steroid dienone is 1. The first kappa shape index (κ1) is 20.2. The number of para-hydroxylation sites is 1. The molecule has 6 nitrogen and oxygen atoms in total. The van der Waals surface area contributed by atoms with Gasteiger partial charge >= 0.3 is 0 Å². The van der Waals surface area contributed by atoms with E-state index >= 15 is 0 Å². The molecule has 31 heavy (non-hydrogen) atoms. The number of aryl methyl sites for hydroxylation is 3. The topological polar surface area (TPSA) is 81.5 Å². The lowest BCUT2D eigenvalue weighted by Gasteiger charge is -2.02. The van der Waals surface area contributed by atoms with Gasteiger partial charge in [0.25, 0.3) is 5.69 Å². The van der Waals surface area contributed by atoms with Crippen LogP contribution in [-0.2, 0) is 0 Å². The van der Waals surface area contributed by atoms with E-state index in [-0.39, 0.29) is 5.69 Å². The zero-order valence-electron chi connectivity index (χ0n) is 17.5. The molecule has 0 unspecified atom stereocenters. The SMILES string of the molecule is Cc1cc(C)c2oc(-c3ccc(C)c(N=C/C=C/c4ccccc4[N+](=O)[O-])c3)nc2c1. The lowest BCUT2D eigenvalue weighted by Crippen LogP contribution is -1.90. The largest absolute Gasteiger partial charge is 0.436 e. The van der Waals surface area contributed by atoms with Gasteiger partial charge in [0.1, 0.15) is 5.52 Å². The van der Waals surface area contributed by atoms with E-state index in [9.17, 15) is 10.1 Å². The fourth-order valence-corrected chi connectivity index (χ4v) is 3.45. The number of nitro benzene ring substituents is 1. The molecule has 4 aromatic rings. The van der Waals surface area contributed by atoms with Crippen molar-refractivity contribution in [2.75, 3.05) is 0 Å². The van der Waals surface area contributed by atoms with Gasteiger partial charge in [0.05, 0.1) is 16.2 Å². The van der Waals surface area contributed by atoms with Gasteiger partial charge < -0.3 is 4.42 Å². The van der Waals surface area contributed by atoms with Crippen molar-refractivity contribution in [3.8, 4) is 11.5 Å². The molecule has 1 aromatic heterocycles. The first-order valence-corrected chi connectivity index (χ1v) is 9.85. The number of nitro groups is 1. The predicted molar refractivity (Wildman–Crippen MR) is 124 cm³/mol. The highest BCUT2D eigenvalue weighted by Crippen LogP contribution is 2.31. The number of benzene rings is 3. The maximum atomic E-state index is 11.1. The van der Waals surface area contributed by atoms with Crippen molar-refractivity contribution < 1.29 is 9.34 Å². The molecule has 1 heterocycles. The molecule has 0 saturated carbocycles. The van der Waals surface area contributed by atoms with Gasteiger partial charge in [0.2, 0.25) is 5.89 Å². The van der Waals surface area contributed by atoms with Crippen molar-refractivity contribution in [1.29, 1.82) is 0 Å². The van der Waals surface area contributed by atoms with Crippen molar-refractivity contribution in [1.82, 2.24) is 4.98 Å². The molecule has 154 valence electrons. The predicted octanol–water partition coefficient (Wildman–Crippen LogP) is 6.74. The molecule has 4 rings (SSSR count). The Bertz CT molecular complexity index is 1350. The van der Waals surface area contributed by atoms with Crippen LogP contribution < -0.4 is 0 Å². The Morgan fingerprint density at radius 3 is 2.65 bits per heavy atom. The molecule has 0 N–H and O–H groups in total. The Morgan fingerprint density at radius 1 is 1.03 bits per heavy atom. The molecule has 0 aliphatic heterocycles. The summed E-state index contributed by atoms with van der Waals surface area (Å²) in [6, 6.07) is 16.5. The smallest absolute Gasteiger partial charge is 0.276 e. The van der Waals surface area contributed by atoms with Gasteiger partial charge in [-0.05, 0) is 73.9 Å². The average molecular weight is 411 g/mol. The van der Waals surface area contributed by atoms with Gasteiger partial charge in [0, 0.05) is 17.8 Å². The maximum absolute atomic E-state index is 11.1. The van der Waals surface area contributed by atoms with Gasteiger partial charge in [-0.3, -0.25) is 15.1 Å². The minimum atomic E-state index is -0.395. The van der Waals surface area contributed by atoms with Crippen molar-refractivity contribution in [2.24, 2.45) is 4.99 Å². The van der Waals surface area contributed by atoms with Crippen LogP contribution >= 0.6 is 0 Å². The molecule has 0 saturated heterocycles. The third kappa shape index (κ3) is 4.28. The second kappa shape index (κ2) is 8.36. The summed E-state index contributed by atoms with van der Waals surface area (Å²) in [5, 5.41) is 11.1. The van der Waals surface area contributed by atoms with Crippen molar-refractivity contribution >= 4 is 34.8 Å². The van der Waals surface area contributed by atoms with Crippen LogP contribution in [-0.4, -0.2) is 16.1 Å². The van der Waals surface area contributed by atoms with Crippen LogP contribution in [0, 0.1) is 30.9 Å². The summed E-state index contributed by atoms with van der Waals surface area (Å²) in [5.41, 5.74) is 7.04. The number of fused-ring (bicyclic) bond motifs is 1. The number of aliphatic imine (C=N–C) groups is 1. The molecular formula is C25H21N3O3. The van der Waals surface area contributed by atoms with Gasteiger partial charge in [-0.15, -0.1) is 0 Å². The standard InChI is InChI=1S/C25H21N3O3/c1-16-13-18(3)24-22(14-16)27-25(31-24)20-11-10-17(2)21(15-20)26-12-6-8-19-7-4-5-9-23(19)28(29)30/h4-15H,1-3H3/b8-6+,26-12?. The molecule has 0 amide bonds. The molecule has 0 fully saturated rings. The summed E-state index contributed by atoms with van der Waals surface area (Å²) in [6.07, 6.45) is 5.00. The van der Waals surface area contributed by atoms with Gasteiger partial charge in [-0.1, -0.05) is 24.3 Å². The minimum absolute atomic E-state index is 0.0619. The summed E-state index contributed by atoms with van der Waals surface area (Å²) in [6.45, 7) is 6.03. The van der Waals surface area contributed by atoms with Gasteiger partial charge in [-0.25, -0.2) is 4.98 Å². The Labute approximate surface area is 179 Å². The molecule has 0 bridgehead atoms. The number of aromatic nitrogens is 1. The molecule has 3 aromatic carbocycles. The number of oxazole rings is 1. The second-order valence-corrected chi connectivity index (χ2v) is 7.40. The molecule has 0 radical (unpaired) electrons. The summed E-state index contributed by atoms with van der Waals surface area (Å²) in [7, 11) is 0. The lowest BCUT2D eigenvalue weighted by molar-refractivity contribution is -0.385. The van der Waals surface area contributed by atoms with Crippen LogP contribution in [0.3, 0.4) is 0 Å². The Hall–Kier alpha value is -4.06. The van der Waals surface area contributed by atoms with Crippen molar-refractivity contribution in [3.63, 3.8) is 0 Å². The van der Waals surface area contributed by atoms with E-state index in [0.29, 0.717) is 11.5 Å². The normalized spacial score (nSPS) is 11.7. The van der Waals surface area contributed by atoms with Crippen LogP contribution in [0.4, 0.5) is 11.4 Å². The second-order valence-electron chi connectivity index (χ2n) is 7.40. The number of hydrogen-bond donors (Lipinski definition) is 0. The Balaban J connectivity index is 1.62. The van der Waals surface area contributed by atoms with E-state index in [1.165, 1.54) is 6.07 Å². The zero-order chi connectivity index (χ0) is 22.0. The van der Waals surface area contributed by atoms with Crippen LogP contribution in [0.2, 0.25) is 0 Å². The summed E-state index contributed by atoms with van der Waals surface area (Å²) in [5.74, 6) is 0.551. The van der Waals surface area contributed by atoms with Gasteiger partial charge in [-0.2, -0.15) is 0 Å². The van der Waals surface area contributed by atoms with E-state index in [2.05, 4.69) is 16.0 Å². The van der Waals surface area contributed by atoms with E-state index in [1.807, 2.05) is 45.0 Å². The number of nitrogens with zero attached hydrogens (tertiary/aromatic N) is 3. The van der Waals surface area contributed by atoms with Crippen molar-refractivity contribution in [2.45, 2.75) is 20.8 Å². The van der Waals surface area contributed by atoms with E-state index < -0.39 is 4.92 Å². The Morgan fingerprint density at radius 2 is 1.84 bits per heavy atom. The highest BCUT2D eigenvalue weighted by atomic mass is 16.6. The summed E-state index contributed by atoms with van der Waals surface area (Å²) < 4.78 is 6.01. The molecule has 0 atom stereocenters. The first-order valence-electron chi connectivity index (χ1n) is 9.85. The molecule has 6 heteroatoms. The van der Waals surface area contributed by atoms with Crippen LogP contribution in [0.25, 0.3) is 28.6 Å². The van der Waals surface area contributed by atoms with Crippen LogP contribution in [0.15, 0.2) is 70.1 Å². The number of rotatable bonds is 5. The van der Waals surface area contributed by atoms with Gasteiger partial charge in [0.15, 0.2) is 5.58 Å². The summed E-state index contributed by atoms with van der Waals surface area (Å²) in [4.78, 5) is 19.9. The Kier molecular flexibility index (Phi) is 5.45. The molecule has 0 aliphatic carbocycles. The fraction of sp³-hybridized carbons (Fsp3) is 0.120. The van der Waals surface area contributed by atoms with Crippen LogP contribution in [0.5, 0.6) is 0 Å². The fourth-order valence-electron chi connectivity index (χ4n) is 3.45. The van der Waals surface area contributed by atoms with E-state index in [4.69, 9.17) is 4.42 Å². The lowest BCUT2D eigenvalue weighted by atomic mass is 10.1. The quantitative estimate of drug-likeness (QED) is 0.207. The van der Waals surface area contributed by atoms with E-state index in [1.54, 1.807) is 36.6 Å². The first-order chi connectivity index (χ1) is 14.9. The van der Waals surface area contributed by atoms with E-state index in [0.717, 1.165) is 39.0 Å². The maximum Gasteiger partial charge on any atom is 0.276 e. The number of hydrogen-bond acceptors (Lipinski definition) is 5. The zero-order valence-corrected chi connectivity index (χ0v) is 17.5. The van der Waals surface area contributed by atoms with Crippen molar-refractivity contribution in [3.05, 3.63) is 93.0 Å². The van der Waals surface area contributed by atoms with Crippen LogP contribution in [0.1, 0.15) is 22.3 Å². The highest BCUT2D eigenvalue weighted by molar-refractivity contribution is 5.83. The average Bonchev–Trinajstić information content (AvgIpc) is 3.17. The third-order valence-electron chi connectivity index (χ3n) is 4.99.